The molecule has 1 N–H and O–H groups in total. The van der Waals surface area contributed by atoms with Crippen LogP contribution in [0.3, 0.4) is 0 Å². The van der Waals surface area contributed by atoms with E-state index >= 15 is 0 Å². The van der Waals surface area contributed by atoms with Crippen LogP contribution in [-0.4, -0.2) is 36.4 Å². The molecule has 0 aliphatic carbocycles. The molecular weight excluding hydrogens is 572 g/mol. The molecule has 5 nitrogen and oxygen atoms in total. The molecule has 0 radical (unpaired) electrons. The Labute approximate surface area is 283 Å². The number of unbranched alkanes of at least 4 members (excludes halogenated alkanes) is 12. The number of rotatable bonds is 32. The maximum Gasteiger partial charge on any atom is 0.306 e. The average molecular weight is 641 g/mol. The number of ether oxygens (including phenoxy) is 2. The van der Waals surface area contributed by atoms with Crippen LogP contribution < -0.4 is 0 Å². The van der Waals surface area contributed by atoms with Gasteiger partial charge < -0.3 is 14.6 Å². The van der Waals surface area contributed by atoms with E-state index in [2.05, 4.69) is 74.6 Å². The molecule has 0 aliphatic rings. The van der Waals surface area contributed by atoms with Crippen molar-refractivity contribution in [1.29, 1.82) is 0 Å². The predicted octanol–water partition coefficient (Wildman–Crippen LogP) is 11.4. The minimum Gasteiger partial charge on any atom is -0.462 e. The number of aliphatic hydroxyl groups excluding tert-OH is 1. The van der Waals surface area contributed by atoms with Crippen LogP contribution in [0.2, 0.25) is 0 Å². The molecule has 0 bridgehead atoms. The zero-order valence-corrected chi connectivity index (χ0v) is 29.6. The zero-order valence-electron chi connectivity index (χ0n) is 29.6. The van der Waals surface area contributed by atoms with Crippen molar-refractivity contribution in [3.05, 3.63) is 72.9 Å². The van der Waals surface area contributed by atoms with E-state index in [-0.39, 0.29) is 31.6 Å². The van der Waals surface area contributed by atoms with Crippen LogP contribution in [0.15, 0.2) is 72.9 Å². The number of aliphatic hydroxyl groups is 1. The fraction of sp³-hybridized carbons (Fsp3) is 0.659. The lowest BCUT2D eigenvalue weighted by molar-refractivity contribution is -0.161. The van der Waals surface area contributed by atoms with E-state index in [4.69, 9.17) is 9.47 Å². The molecule has 1 atom stereocenters. The van der Waals surface area contributed by atoms with Gasteiger partial charge in [-0.05, 0) is 77.0 Å². The van der Waals surface area contributed by atoms with Crippen LogP contribution in [0.4, 0.5) is 0 Å². The first-order chi connectivity index (χ1) is 22.6. The number of carbonyl (C=O) groups excluding carboxylic acids is 2. The second-order valence-electron chi connectivity index (χ2n) is 11.9. The van der Waals surface area contributed by atoms with Crippen LogP contribution in [-0.2, 0) is 19.1 Å². The molecule has 0 unspecified atom stereocenters. The number of hydrogen-bond acceptors (Lipinski definition) is 5. The van der Waals surface area contributed by atoms with Gasteiger partial charge in [-0.15, -0.1) is 0 Å². The number of carbonyl (C=O) groups is 2. The van der Waals surface area contributed by atoms with Crippen LogP contribution in [0.1, 0.15) is 155 Å². The standard InChI is InChI=1S/C41H68O5/c1-3-5-7-9-11-13-15-17-18-19-20-21-22-24-25-27-29-31-33-35-40(43)45-38-39(37-42)46-41(44)36-34-32-30-28-26-23-16-14-12-10-8-6-4-2/h11,13-14,16-18,20-21,24-25,29,31,39,42H,3-10,12,15,19,22-23,26-28,30,32-38H2,1-2H3/b13-11-,16-14-,18-17-,21-20-,25-24-,31-29-/t39-/m0/s1. The van der Waals surface area contributed by atoms with Crippen molar-refractivity contribution in [1.82, 2.24) is 0 Å². The van der Waals surface area contributed by atoms with Gasteiger partial charge >= 0.3 is 11.9 Å². The number of esters is 2. The van der Waals surface area contributed by atoms with Gasteiger partial charge in [0, 0.05) is 12.8 Å². The van der Waals surface area contributed by atoms with E-state index in [1.165, 1.54) is 70.6 Å². The Morgan fingerprint density at radius 3 is 1.46 bits per heavy atom. The second kappa shape index (κ2) is 36.8. The molecule has 46 heavy (non-hydrogen) atoms. The molecule has 0 rings (SSSR count). The van der Waals surface area contributed by atoms with Gasteiger partial charge in [0.05, 0.1) is 6.61 Å². The van der Waals surface area contributed by atoms with E-state index in [1.54, 1.807) is 0 Å². The van der Waals surface area contributed by atoms with Crippen molar-refractivity contribution in [2.24, 2.45) is 0 Å². The average Bonchev–Trinajstić information content (AvgIpc) is 3.06. The lowest BCUT2D eigenvalue weighted by Crippen LogP contribution is -2.28. The smallest absolute Gasteiger partial charge is 0.306 e. The third-order valence-corrected chi connectivity index (χ3v) is 7.49. The number of hydrogen-bond donors (Lipinski definition) is 1. The first-order valence-corrected chi connectivity index (χ1v) is 18.5. The Bertz CT molecular complexity index is 864. The minimum atomic E-state index is -0.807. The summed E-state index contributed by atoms with van der Waals surface area (Å²) in [6, 6.07) is 0. The predicted molar refractivity (Wildman–Crippen MR) is 196 cm³/mol. The first-order valence-electron chi connectivity index (χ1n) is 18.5. The van der Waals surface area contributed by atoms with Gasteiger partial charge in [0.1, 0.15) is 6.61 Å². The van der Waals surface area contributed by atoms with Gasteiger partial charge in [0.15, 0.2) is 6.10 Å². The Morgan fingerprint density at radius 1 is 0.500 bits per heavy atom. The summed E-state index contributed by atoms with van der Waals surface area (Å²) < 4.78 is 10.5. The van der Waals surface area contributed by atoms with Gasteiger partial charge in [0.25, 0.3) is 0 Å². The van der Waals surface area contributed by atoms with Crippen LogP contribution >= 0.6 is 0 Å². The molecule has 0 aliphatic heterocycles. The minimum absolute atomic E-state index is 0.112. The maximum atomic E-state index is 12.1. The fourth-order valence-corrected chi connectivity index (χ4v) is 4.65. The SMILES string of the molecule is CCCCC/C=C\C/C=C\C/C=C\C/C=C\C/C=C\CCC(=O)OC[C@H](CO)OC(=O)CCCCCCC/C=C\CCCCCC. The van der Waals surface area contributed by atoms with Crippen LogP contribution in [0, 0.1) is 0 Å². The van der Waals surface area contributed by atoms with E-state index in [0.29, 0.717) is 12.8 Å². The largest absolute Gasteiger partial charge is 0.462 e. The molecule has 0 spiro atoms. The summed E-state index contributed by atoms with van der Waals surface area (Å²) in [7, 11) is 0. The van der Waals surface area contributed by atoms with Gasteiger partial charge in [-0.3, -0.25) is 9.59 Å². The summed E-state index contributed by atoms with van der Waals surface area (Å²) in [5.41, 5.74) is 0. The normalized spacial score (nSPS) is 13.0. The highest BCUT2D eigenvalue weighted by Gasteiger charge is 2.15. The van der Waals surface area contributed by atoms with Crippen molar-refractivity contribution in [3.8, 4) is 0 Å². The lowest BCUT2D eigenvalue weighted by atomic mass is 10.1. The molecule has 0 saturated heterocycles. The molecule has 262 valence electrons. The number of allylic oxidation sites excluding steroid dienone is 12. The molecule has 0 saturated carbocycles. The van der Waals surface area contributed by atoms with Crippen molar-refractivity contribution in [2.45, 2.75) is 161 Å². The van der Waals surface area contributed by atoms with Crippen LogP contribution in [0.5, 0.6) is 0 Å². The molecule has 0 aromatic rings. The monoisotopic (exact) mass is 641 g/mol. The van der Waals surface area contributed by atoms with Crippen molar-refractivity contribution in [2.75, 3.05) is 13.2 Å². The summed E-state index contributed by atoms with van der Waals surface area (Å²) in [4.78, 5) is 24.1. The maximum absolute atomic E-state index is 12.1. The summed E-state index contributed by atoms with van der Waals surface area (Å²) in [6.45, 7) is 4.00. The molecule has 0 heterocycles. The van der Waals surface area contributed by atoms with Crippen molar-refractivity contribution < 1.29 is 24.2 Å². The van der Waals surface area contributed by atoms with E-state index in [0.717, 1.165) is 51.4 Å². The van der Waals surface area contributed by atoms with Crippen molar-refractivity contribution >= 4 is 11.9 Å². The first kappa shape index (κ1) is 43.3. The van der Waals surface area contributed by atoms with Gasteiger partial charge in [-0.25, -0.2) is 0 Å². The third-order valence-electron chi connectivity index (χ3n) is 7.49. The highest BCUT2D eigenvalue weighted by molar-refractivity contribution is 5.70. The Hall–Kier alpha value is -2.66. The zero-order chi connectivity index (χ0) is 33.6. The quantitative estimate of drug-likeness (QED) is 0.0450. The summed E-state index contributed by atoms with van der Waals surface area (Å²) >= 11 is 0. The third kappa shape index (κ3) is 34.2. The van der Waals surface area contributed by atoms with Crippen molar-refractivity contribution in [3.63, 3.8) is 0 Å². The Balaban J connectivity index is 3.75. The van der Waals surface area contributed by atoms with Crippen LogP contribution in [0.25, 0.3) is 0 Å². The summed E-state index contributed by atoms with van der Waals surface area (Å²) in [5, 5.41) is 9.52. The van der Waals surface area contributed by atoms with E-state index in [9.17, 15) is 14.7 Å². The lowest BCUT2D eigenvalue weighted by Gasteiger charge is -2.15. The van der Waals surface area contributed by atoms with E-state index in [1.807, 2.05) is 12.2 Å². The molecular formula is C41H68O5. The molecule has 0 fully saturated rings. The molecule has 0 amide bonds. The van der Waals surface area contributed by atoms with E-state index < -0.39 is 6.10 Å². The van der Waals surface area contributed by atoms with Gasteiger partial charge in [0.2, 0.25) is 0 Å². The molecule has 5 heteroatoms. The second-order valence-corrected chi connectivity index (χ2v) is 11.9. The molecule has 0 aromatic carbocycles. The Kier molecular flexibility index (Phi) is 34.7. The molecule has 0 aromatic heterocycles. The topological polar surface area (TPSA) is 72.8 Å². The highest BCUT2D eigenvalue weighted by Crippen LogP contribution is 2.10. The van der Waals surface area contributed by atoms with Gasteiger partial charge in [-0.1, -0.05) is 138 Å². The summed E-state index contributed by atoms with van der Waals surface area (Å²) in [5.74, 6) is -0.705. The van der Waals surface area contributed by atoms with Gasteiger partial charge in [-0.2, -0.15) is 0 Å². The fourth-order valence-electron chi connectivity index (χ4n) is 4.65. The Morgan fingerprint density at radius 2 is 0.913 bits per heavy atom. The summed E-state index contributed by atoms with van der Waals surface area (Å²) in [6.07, 6.45) is 48.2. The highest BCUT2D eigenvalue weighted by atomic mass is 16.6.